The Morgan fingerprint density at radius 2 is 1.85 bits per heavy atom. The summed E-state index contributed by atoms with van der Waals surface area (Å²) < 4.78 is 35.0. The van der Waals surface area contributed by atoms with Gasteiger partial charge in [0.2, 0.25) is 0 Å². The van der Waals surface area contributed by atoms with E-state index in [1.165, 1.54) is 17.5 Å². The highest BCUT2D eigenvalue weighted by atomic mass is 32.1. The van der Waals surface area contributed by atoms with Crippen molar-refractivity contribution in [1.82, 2.24) is 19.6 Å². The summed E-state index contributed by atoms with van der Waals surface area (Å²) in [6, 6.07) is 12.5. The number of carboxylic acids is 1. The van der Waals surface area contributed by atoms with Gasteiger partial charge in [0.25, 0.3) is 5.91 Å². The van der Waals surface area contributed by atoms with Crippen LogP contribution in [0.5, 0.6) is 0 Å². The van der Waals surface area contributed by atoms with Crippen LogP contribution < -0.4 is 0 Å². The van der Waals surface area contributed by atoms with Crippen LogP contribution in [0, 0.1) is 0 Å². The van der Waals surface area contributed by atoms with E-state index in [1.54, 1.807) is 11.3 Å². The maximum atomic E-state index is 13.2. The summed E-state index contributed by atoms with van der Waals surface area (Å²) in [6.45, 7) is 4.68. The molecule has 33 heavy (non-hydrogen) atoms. The van der Waals surface area contributed by atoms with Crippen molar-refractivity contribution in [2.75, 3.05) is 26.2 Å². The summed E-state index contributed by atoms with van der Waals surface area (Å²) in [5.74, 6) is -2.61. The van der Waals surface area contributed by atoms with E-state index < -0.39 is 12.1 Å². The zero-order valence-electron chi connectivity index (χ0n) is 17.7. The zero-order chi connectivity index (χ0) is 23.6. The molecule has 2 aromatic heterocycles. The zero-order valence-corrected chi connectivity index (χ0v) is 18.5. The molecule has 1 saturated heterocycles. The molecule has 2 aliphatic rings. The molecule has 1 N–H and O–H groups in total. The average Bonchev–Trinajstić information content (AvgIpc) is 3.53. The van der Waals surface area contributed by atoms with Crippen molar-refractivity contribution in [2.24, 2.45) is 0 Å². The fourth-order valence-electron chi connectivity index (χ4n) is 4.18. The smallest absolute Gasteiger partial charge is 0.475 e. The first-order chi connectivity index (χ1) is 15.7. The van der Waals surface area contributed by atoms with Gasteiger partial charge in [-0.1, -0.05) is 18.2 Å². The van der Waals surface area contributed by atoms with Crippen molar-refractivity contribution in [2.45, 2.75) is 31.6 Å². The molecule has 1 fully saturated rings. The highest BCUT2D eigenvalue weighted by molar-refractivity contribution is 7.20. The Bertz CT molecular complexity index is 1100. The molecule has 1 atom stereocenters. The molecule has 2 aliphatic heterocycles. The summed E-state index contributed by atoms with van der Waals surface area (Å²) in [4.78, 5) is 27.4. The molecule has 11 heteroatoms. The third kappa shape index (κ3) is 5.36. The first kappa shape index (κ1) is 23.2. The summed E-state index contributed by atoms with van der Waals surface area (Å²) in [6.07, 6.45) is -0.661. The summed E-state index contributed by atoms with van der Waals surface area (Å²) in [7, 11) is 0. The number of benzene rings is 1. The Morgan fingerprint density at radius 3 is 2.52 bits per heavy atom. The Hall–Kier alpha value is -2.92. The van der Waals surface area contributed by atoms with Crippen LogP contribution in [0.2, 0.25) is 0 Å². The number of fused-ring (bicyclic) bond motifs is 2. The molecule has 0 spiro atoms. The van der Waals surface area contributed by atoms with Gasteiger partial charge in [0, 0.05) is 24.0 Å². The molecule has 0 bridgehead atoms. The van der Waals surface area contributed by atoms with E-state index in [2.05, 4.69) is 26.8 Å². The highest BCUT2D eigenvalue weighted by Crippen LogP contribution is 2.29. The molecule has 0 saturated carbocycles. The third-order valence-electron chi connectivity index (χ3n) is 5.72. The Balaban J connectivity index is 0.000000325. The quantitative estimate of drug-likeness (QED) is 0.613. The monoisotopic (exact) mass is 480 g/mol. The molecule has 1 unspecified atom stereocenters. The van der Waals surface area contributed by atoms with Gasteiger partial charge >= 0.3 is 12.1 Å². The largest absolute Gasteiger partial charge is 0.490 e. The topological polar surface area (TPSA) is 78.7 Å². The van der Waals surface area contributed by atoms with Crippen molar-refractivity contribution in [3.63, 3.8) is 0 Å². The Morgan fingerprint density at radius 1 is 1.15 bits per heavy atom. The van der Waals surface area contributed by atoms with Crippen LogP contribution in [-0.2, 0) is 11.3 Å². The number of nitrogens with zero attached hydrogens (tertiary/aromatic N) is 4. The van der Waals surface area contributed by atoms with Crippen LogP contribution in [0.15, 0.2) is 42.6 Å². The van der Waals surface area contributed by atoms with Gasteiger partial charge in [-0.2, -0.15) is 18.3 Å². The molecule has 0 aliphatic carbocycles. The lowest BCUT2D eigenvalue weighted by atomic mass is 10.1. The molecule has 1 aromatic carbocycles. The van der Waals surface area contributed by atoms with Crippen molar-refractivity contribution < 1.29 is 27.9 Å². The molecule has 3 aromatic rings. The second-order valence-electron chi connectivity index (χ2n) is 8.07. The molecule has 5 rings (SSSR count). The van der Waals surface area contributed by atoms with E-state index in [-0.39, 0.29) is 11.9 Å². The van der Waals surface area contributed by atoms with Gasteiger partial charge < -0.3 is 14.9 Å². The molecule has 4 heterocycles. The molecule has 0 radical (unpaired) electrons. The lowest BCUT2D eigenvalue weighted by Crippen LogP contribution is -2.44. The van der Waals surface area contributed by atoms with Crippen LogP contribution in [0.25, 0.3) is 10.1 Å². The maximum Gasteiger partial charge on any atom is 0.490 e. The van der Waals surface area contributed by atoms with Crippen LogP contribution in [0.1, 0.15) is 34.2 Å². The van der Waals surface area contributed by atoms with Gasteiger partial charge in [-0.3, -0.25) is 9.48 Å². The fraction of sp³-hybridized carbons (Fsp3) is 0.409. The third-order valence-corrected chi connectivity index (χ3v) is 6.82. The summed E-state index contributed by atoms with van der Waals surface area (Å²) in [5, 5.41) is 12.8. The van der Waals surface area contributed by atoms with E-state index >= 15 is 0 Å². The second kappa shape index (κ2) is 9.52. The number of amides is 1. The summed E-state index contributed by atoms with van der Waals surface area (Å²) >= 11 is 1.59. The first-order valence-electron chi connectivity index (χ1n) is 10.5. The maximum absolute atomic E-state index is 13.2. The number of likely N-dealkylation sites (tertiary alicyclic amines) is 1. The first-order valence-corrected chi connectivity index (χ1v) is 11.4. The molecular formula is C22H23F3N4O3S. The number of rotatable bonds is 3. The minimum Gasteiger partial charge on any atom is -0.475 e. The molecule has 176 valence electrons. The number of hydrogen-bond donors (Lipinski definition) is 1. The van der Waals surface area contributed by atoms with E-state index in [0.29, 0.717) is 6.54 Å². The van der Waals surface area contributed by atoms with E-state index in [1.807, 2.05) is 35.4 Å². The summed E-state index contributed by atoms with van der Waals surface area (Å²) in [5.41, 5.74) is 1.13. The second-order valence-corrected chi connectivity index (χ2v) is 9.15. The average molecular weight is 481 g/mol. The van der Waals surface area contributed by atoms with Gasteiger partial charge in [0.05, 0.1) is 23.2 Å². The van der Waals surface area contributed by atoms with Crippen molar-refractivity contribution in [3.05, 3.63) is 53.2 Å². The number of thiophene rings is 1. The lowest BCUT2D eigenvalue weighted by Gasteiger charge is -2.35. The lowest BCUT2D eigenvalue weighted by molar-refractivity contribution is -0.192. The number of carbonyl (C=O) groups excluding carboxylic acids is 1. The number of hydrogen-bond acceptors (Lipinski definition) is 5. The number of aromatic nitrogens is 2. The van der Waals surface area contributed by atoms with Crippen LogP contribution >= 0.6 is 11.3 Å². The Kier molecular flexibility index (Phi) is 6.71. The Labute approximate surface area is 192 Å². The number of aliphatic carboxylic acids is 1. The minimum absolute atomic E-state index is 0.144. The van der Waals surface area contributed by atoms with Gasteiger partial charge in [0.15, 0.2) is 0 Å². The van der Waals surface area contributed by atoms with E-state index in [0.717, 1.165) is 42.1 Å². The minimum atomic E-state index is -5.08. The van der Waals surface area contributed by atoms with Crippen molar-refractivity contribution in [3.8, 4) is 0 Å². The van der Waals surface area contributed by atoms with Gasteiger partial charge in [-0.25, -0.2) is 4.79 Å². The number of alkyl halides is 3. The highest BCUT2D eigenvalue weighted by Gasteiger charge is 2.38. The predicted octanol–water partition coefficient (Wildman–Crippen LogP) is 4.02. The number of halogens is 3. The fourth-order valence-corrected chi connectivity index (χ4v) is 5.21. The van der Waals surface area contributed by atoms with Crippen LogP contribution in [0.3, 0.4) is 0 Å². The van der Waals surface area contributed by atoms with E-state index in [4.69, 9.17) is 9.90 Å². The standard InChI is InChI=1S/C20H22N4OS.C2HF3O2/c25-20(19-11-15-5-1-2-6-18(15)26-19)23-13-16-7-8-21-24(16)17(14-23)12-22-9-3-4-10-22;3-2(4,5)1(6)7/h1-2,5-8,11,17H,3-4,9-10,12-14H2;(H,6,7). The van der Waals surface area contributed by atoms with Crippen molar-refractivity contribution >= 4 is 33.3 Å². The van der Waals surface area contributed by atoms with Gasteiger partial charge in [0.1, 0.15) is 0 Å². The van der Waals surface area contributed by atoms with Gasteiger partial charge in [-0.05, 0) is 49.5 Å². The van der Waals surface area contributed by atoms with E-state index in [9.17, 15) is 18.0 Å². The number of carbonyl (C=O) groups is 2. The van der Waals surface area contributed by atoms with Crippen molar-refractivity contribution in [1.29, 1.82) is 0 Å². The normalized spacial score (nSPS) is 18.6. The van der Waals surface area contributed by atoms with Gasteiger partial charge in [-0.15, -0.1) is 11.3 Å². The van der Waals surface area contributed by atoms with Crippen LogP contribution in [0.4, 0.5) is 13.2 Å². The molecule has 7 nitrogen and oxygen atoms in total. The predicted molar refractivity (Wildman–Crippen MR) is 117 cm³/mol. The molecular weight excluding hydrogens is 457 g/mol. The SMILES string of the molecule is O=C(O)C(F)(F)F.O=C(c1cc2ccccc2s1)N1Cc2ccnn2C(CN2CCCC2)C1. The molecule has 1 amide bonds. The van der Waals surface area contributed by atoms with Crippen LogP contribution in [-0.4, -0.2) is 68.9 Å². The number of carboxylic acid groups (broad SMARTS) is 1.